The Bertz CT molecular complexity index is 1370. The van der Waals surface area contributed by atoms with E-state index in [-0.39, 0.29) is 16.2 Å². The fraction of sp³-hybridized carbons (Fsp3) is 0.167. The second kappa shape index (κ2) is 8.12. The van der Waals surface area contributed by atoms with Crippen LogP contribution in [0.3, 0.4) is 0 Å². The first kappa shape index (κ1) is 21.6. The summed E-state index contributed by atoms with van der Waals surface area (Å²) in [7, 11) is -3.69. The van der Waals surface area contributed by atoms with Gasteiger partial charge >= 0.3 is 0 Å². The molecule has 0 aliphatic heterocycles. The van der Waals surface area contributed by atoms with Gasteiger partial charge in [-0.2, -0.15) is 0 Å². The molecule has 0 fully saturated rings. The Hall–Kier alpha value is -3.65. The summed E-state index contributed by atoms with van der Waals surface area (Å²) in [5.41, 5.74) is 2.45. The zero-order chi connectivity index (χ0) is 22.9. The number of carbonyl (C=O) groups excluding carboxylic acids is 1. The summed E-state index contributed by atoms with van der Waals surface area (Å²) in [4.78, 5) is 17.3. The maximum absolute atomic E-state index is 12.6. The largest absolute Gasteiger partial charge is 0.440 e. The van der Waals surface area contributed by atoms with Crippen molar-refractivity contribution in [3.63, 3.8) is 0 Å². The van der Waals surface area contributed by atoms with Gasteiger partial charge in [-0.3, -0.25) is 9.52 Å². The molecule has 4 rings (SSSR count). The molecule has 7 nitrogen and oxygen atoms in total. The molecule has 0 aliphatic rings. The van der Waals surface area contributed by atoms with Crippen LogP contribution in [-0.4, -0.2) is 19.3 Å². The average molecular weight is 450 g/mol. The molecule has 164 valence electrons. The van der Waals surface area contributed by atoms with E-state index < -0.39 is 10.0 Å². The Morgan fingerprint density at radius 3 is 2.22 bits per heavy atom. The molecule has 0 aliphatic carbocycles. The summed E-state index contributed by atoms with van der Waals surface area (Å²) in [5.74, 6) is 0.311. The summed E-state index contributed by atoms with van der Waals surface area (Å²) in [6.45, 7) is 6.05. The molecule has 0 saturated heterocycles. The molecule has 1 amide bonds. The van der Waals surface area contributed by atoms with Gasteiger partial charge in [-0.25, -0.2) is 13.4 Å². The Labute approximate surface area is 186 Å². The average Bonchev–Trinajstić information content (AvgIpc) is 3.19. The molecule has 4 aromatic rings. The van der Waals surface area contributed by atoms with Gasteiger partial charge in [0.1, 0.15) is 5.52 Å². The number of hydrogen-bond donors (Lipinski definition) is 2. The zero-order valence-electron chi connectivity index (χ0n) is 17.9. The van der Waals surface area contributed by atoms with E-state index in [1.165, 1.54) is 12.1 Å². The van der Waals surface area contributed by atoms with Crippen molar-refractivity contribution in [1.82, 2.24) is 4.98 Å². The van der Waals surface area contributed by atoms with Gasteiger partial charge in [0.15, 0.2) is 5.58 Å². The molecule has 0 atom stereocenters. The second-order valence-electron chi connectivity index (χ2n) is 8.40. The number of oxazole rings is 1. The van der Waals surface area contributed by atoms with Crippen LogP contribution in [0.1, 0.15) is 37.0 Å². The molecular formula is C24H23N3O4S. The molecule has 0 bridgehead atoms. The zero-order valence-corrected chi connectivity index (χ0v) is 18.7. The van der Waals surface area contributed by atoms with Crippen LogP contribution in [0.5, 0.6) is 0 Å². The van der Waals surface area contributed by atoms with E-state index in [1.807, 2.05) is 20.8 Å². The number of hydrogen-bond acceptors (Lipinski definition) is 5. The van der Waals surface area contributed by atoms with Gasteiger partial charge in [0, 0.05) is 22.4 Å². The monoisotopic (exact) mass is 449 g/mol. The van der Waals surface area contributed by atoms with Gasteiger partial charge in [-0.1, -0.05) is 39.0 Å². The number of nitrogens with zero attached hydrogens (tertiary/aromatic N) is 1. The normalized spacial score (nSPS) is 12.0. The lowest BCUT2D eigenvalue weighted by Crippen LogP contribution is -2.14. The topological polar surface area (TPSA) is 101 Å². The fourth-order valence-corrected chi connectivity index (χ4v) is 4.11. The van der Waals surface area contributed by atoms with Crippen LogP contribution in [0, 0.1) is 0 Å². The highest BCUT2D eigenvalue weighted by atomic mass is 32.2. The maximum Gasteiger partial charge on any atom is 0.261 e. The van der Waals surface area contributed by atoms with Gasteiger partial charge in [0.05, 0.1) is 4.90 Å². The third-order valence-electron chi connectivity index (χ3n) is 4.74. The van der Waals surface area contributed by atoms with E-state index in [9.17, 15) is 13.2 Å². The smallest absolute Gasteiger partial charge is 0.261 e. The van der Waals surface area contributed by atoms with E-state index in [2.05, 4.69) is 15.0 Å². The summed E-state index contributed by atoms with van der Waals surface area (Å²) >= 11 is 0. The summed E-state index contributed by atoms with van der Waals surface area (Å²) in [5, 5.41) is 2.83. The van der Waals surface area contributed by atoms with Gasteiger partial charge < -0.3 is 9.73 Å². The number of fused-ring (bicyclic) bond motifs is 1. The highest BCUT2D eigenvalue weighted by Gasteiger charge is 2.21. The summed E-state index contributed by atoms with van der Waals surface area (Å²) < 4.78 is 33.1. The molecule has 32 heavy (non-hydrogen) atoms. The molecule has 1 aromatic heterocycles. The van der Waals surface area contributed by atoms with Crippen LogP contribution < -0.4 is 10.0 Å². The standard InChI is InChI=1S/C24H23N3O4S/c1-24(2,3)23-26-20-15-18(13-14-21(20)31-23)25-22(28)16-9-11-17(12-10-16)27-32(29,30)19-7-5-4-6-8-19/h4-15,27H,1-3H3,(H,25,28). The van der Waals surface area contributed by atoms with Crippen LogP contribution in [0.4, 0.5) is 11.4 Å². The molecule has 2 N–H and O–H groups in total. The number of rotatable bonds is 5. The Morgan fingerprint density at radius 2 is 1.56 bits per heavy atom. The summed E-state index contributed by atoms with van der Waals surface area (Å²) in [6.07, 6.45) is 0. The van der Waals surface area contributed by atoms with Gasteiger partial charge in [0.25, 0.3) is 15.9 Å². The Balaban J connectivity index is 1.47. The lowest BCUT2D eigenvalue weighted by molar-refractivity contribution is 0.102. The van der Waals surface area contributed by atoms with E-state index in [1.54, 1.807) is 60.7 Å². The minimum Gasteiger partial charge on any atom is -0.440 e. The van der Waals surface area contributed by atoms with Crippen LogP contribution in [0.2, 0.25) is 0 Å². The summed E-state index contributed by atoms with van der Waals surface area (Å²) in [6, 6.07) is 19.6. The van der Waals surface area contributed by atoms with Crippen molar-refractivity contribution in [1.29, 1.82) is 0 Å². The minimum absolute atomic E-state index is 0.166. The first-order valence-electron chi connectivity index (χ1n) is 10.0. The number of amides is 1. The molecule has 1 heterocycles. The minimum atomic E-state index is -3.69. The fourth-order valence-electron chi connectivity index (χ4n) is 3.03. The molecule has 0 radical (unpaired) electrons. The second-order valence-corrected chi connectivity index (χ2v) is 10.1. The van der Waals surface area contributed by atoms with E-state index >= 15 is 0 Å². The van der Waals surface area contributed by atoms with Crippen molar-refractivity contribution in [2.45, 2.75) is 31.1 Å². The molecule has 0 spiro atoms. The van der Waals surface area contributed by atoms with Crippen molar-refractivity contribution in [2.75, 3.05) is 10.0 Å². The van der Waals surface area contributed by atoms with Gasteiger partial charge in [0.2, 0.25) is 5.89 Å². The van der Waals surface area contributed by atoms with E-state index in [0.717, 1.165) is 0 Å². The third-order valence-corrected chi connectivity index (χ3v) is 6.14. The number of anilines is 2. The number of nitrogens with one attached hydrogen (secondary N) is 2. The third kappa shape index (κ3) is 4.65. The lowest BCUT2D eigenvalue weighted by atomic mass is 9.97. The predicted octanol–water partition coefficient (Wildman–Crippen LogP) is 5.18. The first-order chi connectivity index (χ1) is 15.1. The number of aromatic nitrogens is 1. The van der Waals surface area contributed by atoms with Crippen LogP contribution in [0.25, 0.3) is 11.1 Å². The molecular weight excluding hydrogens is 426 g/mol. The first-order valence-corrected chi connectivity index (χ1v) is 11.5. The molecule has 3 aromatic carbocycles. The van der Waals surface area contributed by atoms with Gasteiger partial charge in [-0.15, -0.1) is 0 Å². The lowest BCUT2D eigenvalue weighted by Gasteiger charge is -2.11. The number of carbonyl (C=O) groups is 1. The van der Waals surface area contributed by atoms with Crippen molar-refractivity contribution in [3.05, 3.63) is 84.3 Å². The molecule has 0 saturated carbocycles. The van der Waals surface area contributed by atoms with Crippen LogP contribution in [-0.2, 0) is 15.4 Å². The Kier molecular flexibility index (Phi) is 5.48. The SMILES string of the molecule is CC(C)(C)c1nc2cc(NC(=O)c3ccc(NS(=O)(=O)c4ccccc4)cc3)ccc2o1. The van der Waals surface area contributed by atoms with Crippen LogP contribution >= 0.6 is 0 Å². The quantitative estimate of drug-likeness (QED) is 0.437. The van der Waals surface area contributed by atoms with E-state index in [0.29, 0.717) is 33.9 Å². The number of benzene rings is 3. The van der Waals surface area contributed by atoms with Crippen molar-refractivity contribution in [3.8, 4) is 0 Å². The van der Waals surface area contributed by atoms with Crippen molar-refractivity contribution >= 4 is 38.4 Å². The van der Waals surface area contributed by atoms with Crippen molar-refractivity contribution < 1.29 is 17.6 Å². The highest BCUT2D eigenvalue weighted by molar-refractivity contribution is 7.92. The highest BCUT2D eigenvalue weighted by Crippen LogP contribution is 2.27. The number of sulfonamides is 1. The molecule has 0 unspecified atom stereocenters. The Morgan fingerprint density at radius 1 is 0.906 bits per heavy atom. The molecule has 8 heteroatoms. The maximum atomic E-state index is 12.6. The van der Waals surface area contributed by atoms with Gasteiger partial charge in [-0.05, 0) is 54.6 Å². The van der Waals surface area contributed by atoms with Crippen LogP contribution in [0.15, 0.2) is 82.1 Å². The predicted molar refractivity (Wildman–Crippen MR) is 124 cm³/mol. The van der Waals surface area contributed by atoms with E-state index in [4.69, 9.17) is 4.42 Å². The van der Waals surface area contributed by atoms with Crippen molar-refractivity contribution in [2.24, 2.45) is 0 Å².